The summed E-state index contributed by atoms with van der Waals surface area (Å²) in [6.45, 7) is 5.30. The van der Waals surface area contributed by atoms with E-state index in [2.05, 4.69) is 29.8 Å². The van der Waals surface area contributed by atoms with Crippen molar-refractivity contribution in [2.24, 2.45) is 0 Å². The number of carbonyl (C=O) groups excluding carboxylic acids is 2. The number of halogens is 1. The molecule has 0 N–H and O–H groups in total. The molecule has 4 nitrogen and oxygen atoms in total. The van der Waals surface area contributed by atoms with Crippen LogP contribution in [0.3, 0.4) is 0 Å². The van der Waals surface area contributed by atoms with E-state index in [4.69, 9.17) is 9.47 Å². The Morgan fingerprint density at radius 3 is 0.825 bits per heavy atom. The van der Waals surface area contributed by atoms with E-state index in [0.29, 0.717) is 13.2 Å². The van der Waals surface area contributed by atoms with E-state index in [9.17, 15) is 9.59 Å². The van der Waals surface area contributed by atoms with Crippen LogP contribution < -0.4 is 0 Å². The van der Waals surface area contributed by atoms with Gasteiger partial charge >= 0.3 is 11.9 Å². The predicted molar refractivity (Wildman–Crippen MR) is 175 cm³/mol. The third-order valence-electron chi connectivity index (χ3n) is 7.90. The van der Waals surface area contributed by atoms with Gasteiger partial charge in [-0.15, -0.1) is 0 Å². The molecule has 0 heterocycles. The van der Waals surface area contributed by atoms with E-state index in [-0.39, 0.29) is 0 Å². The second kappa shape index (κ2) is 32.9. The maximum Gasteiger partial charge on any atom is 0.331 e. The molecule has 0 saturated carbocycles. The molecule has 0 spiro atoms. The Bertz CT molecular complexity index is 493. The van der Waals surface area contributed by atoms with Gasteiger partial charge in [-0.2, -0.15) is 0 Å². The maximum atomic E-state index is 12.1. The molecule has 0 aromatic heterocycles. The Labute approximate surface area is 258 Å². The number of hydrogen-bond donors (Lipinski definition) is 0. The fourth-order valence-corrected chi connectivity index (χ4v) is 5.45. The van der Waals surface area contributed by atoms with Crippen molar-refractivity contribution in [1.29, 1.82) is 0 Å². The monoisotopic (exact) mass is 630 g/mol. The fourth-order valence-electron chi connectivity index (χ4n) is 5.18. The minimum atomic E-state index is -1.01. The molecular formula is C35H67BrO4. The largest absolute Gasteiger partial charge is 0.464 e. The first kappa shape index (κ1) is 39.4. The third kappa shape index (κ3) is 28.9. The van der Waals surface area contributed by atoms with Crippen molar-refractivity contribution >= 4 is 27.9 Å². The van der Waals surface area contributed by atoms with Gasteiger partial charge in [-0.05, 0) is 12.8 Å². The summed E-state index contributed by atoms with van der Waals surface area (Å²) in [7, 11) is 0. The number of alkyl halides is 1. The third-order valence-corrected chi connectivity index (χ3v) is 8.65. The molecule has 0 aliphatic carbocycles. The number of hydrogen-bond acceptors (Lipinski definition) is 4. The maximum absolute atomic E-state index is 12.1. The van der Waals surface area contributed by atoms with E-state index in [1.807, 2.05) is 0 Å². The fraction of sp³-hybridized carbons (Fsp3) is 0.943. The van der Waals surface area contributed by atoms with Crippen LogP contribution in [-0.4, -0.2) is 30.0 Å². The number of carbonyl (C=O) groups is 2. The van der Waals surface area contributed by atoms with Crippen molar-refractivity contribution < 1.29 is 19.1 Å². The summed E-state index contributed by atoms with van der Waals surface area (Å²) in [5.74, 6) is -1.05. The lowest BCUT2D eigenvalue weighted by Gasteiger charge is -2.10. The highest BCUT2D eigenvalue weighted by atomic mass is 79.9. The van der Waals surface area contributed by atoms with Gasteiger partial charge in [0.05, 0.1) is 13.2 Å². The number of ether oxygens (including phenoxy) is 2. The van der Waals surface area contributed by atoms with Gasteiger partial charge in [-0.25, -0.2) is 0 Å². The first-order valence-corrected chi connectivity index (χ1v) is 18.5. The van der Waals surface area contributed by atoms with E-state index < -0.39 is 16.8 Å². The second-order valence-corrected chi connectivity index (χ2v) is 12.8. The summed E-state index contributed by atoms with van der Waals surface area (Å²) in [5, 5.41) is 0. The summed E-state index contributed by atoms with van der Waals surface area (Å²) in [4.78, 5) is 23.2. The smallest absolute Gasteiger partial charge is 0.331 e. The molecular weight excluding hydrogens is 564 g/mol. The van der Waals surface area contributed by atoms with Gasteiger partial charge in [-0.1, -0.05) is 197 Å². The van der Waals surface area contributed by atoms with Crippen molar-refractivity contribution in [3.63, 3.8) is 0 Å². The molecule has 0 aromatic carbocycles. The second-order valence-electron chi connectivity index (χ2n) is 11.9. The molecule has 0 aliphatic heterocycles. The minimum absolute atomic E-state index is 0.380. The summed E-state index contributed by atoms with van der Waals surface area (Å²) >= 11 is 3.15. The van der Waals surface area contributed by atoms with Crippen LogP contribution in [0.4, 0.5) is 0 Å². The van der Waals surface area contributed by atoms with Crippen molar-refractivity contribution in [2.75, 3.05) is 13.2 Å². The molecule has 0 amide bonds. The van der Waals surface area contributed by atoms with Gasteiger partial charge in [0.2, 0.25) is 4.83 Å². The van der Waals surface area contributed by atoms with Gasteiger partial charge in [0, 0.05) is 0 Å². The lowest BCUT2D eigenvalue weighted by molar-refractivity contribution is -0.153. The summed E-state index contributed by atoms with van der Waals surface area (Å²) in [6, 6.07) is 0. The molecule has 0 unspecified atom stereocenters. The number of unbranched alkanes of at least 4 members (excludes halogenated alkanes) is 26. The molecule has 40 heavy (non-hydrogen) atoms. The van der Waals surface area contributed by atoms with Crippen LogP contribution in [0.1, 0.15) is 194 Å². The van der Waals surface area contributed by atoms with Crippen LogP contribution in [0.15, 0.2) is 0 Å². The van der Waals surface area contributed by atoms with Gasteiger partial charge in [-0.3, -0.25) is 9.59 Å². The van der Waals surface area contributed by atoms with E-state index in [1.165, 1.54) is 154 Å². The Balaban J connectivity index is 3.41. The van der Waals surface area contributed by atoms with Crippen LogP contribution in [0.5, 0.6) is 0 Å². The molecule has 5 heteroatoms. The molecule has 0 saturated heterocycles. The molecule has 0 aromatic rings. The van der Waals surface area contributed by atoms with Gasteiger partial charge in [0.25, 0.3) is 0 Å². The zero-order valence-electron chi connectivity index (χ0n) is 26.8. The van der Waals surface area contributed by atoms with Crippen molar-refractivity contribution in [3.05, 3.63) is 0 Å². The molecule has 0 atom stereocenters. The molecule has 238 valence electrons. The average molecular weight is 632 g/mol. The molecule has 0 rings (SSSR count). The highest BCUT2D eigenvalue weighted by Crippen LogP contribution is 2.15. The first-order chi connectivity index (χ1) is 19.6. The highest BCUT2D eigenvalue weighted by Gasteiger charge is 2.26. The van der Waals surface area contributed by atoms with E-state index in [1.54, 1.807) is 0 Å². The van der Waals surface area contributed by atoms with Crippen LogP contribution in [0.2, 0.25) is 0 Å². The molecule has 0 fully saturated rings. The Kier molecular flexibility index (Phi) is 32.5. The quantitative estimate of drug-likeness (QED) is 0.0321. The lowest BCUT2D eigenvalue weighted by atomic mass is 10.0. The number of esters is 2. The highest BCUT2D eigenvalue weighted by molar-refractivity contribution is 9.10. The summed E-state index contributed by atoms with van der Waals surface area (Å²) < 4.78 is 10.5. The van der Waals surface area contributed by atoms with Crippen LogP contribution in [-0.2, 0) is 19.1 Å². The lowest BCUT2D eigenvalue weighted by Crippen LogP contribution is -2.28. The van der Waals surface area contributed by atoms with E-state index in [0.717, 1.165) is 25.7 Å². The van der Waals surface area contributed by atoms with Crippen LogP contribution >= 0.6 is 15.9 Å². The van der Waals surface area contributed by atoms with E-state index >= 15 is 0 Å². The zero-order chi connectivity index (χ0) is 29.4. The SMILES string of the molecule is CCCCCCCCCCCCCCCCOC(=O)C(Br)C(=O)OCCCCCCCCCCCCCCCC. The predicted octanol–water partition coefficient (Wildman–Crippen LogP) is 11.8. The zero-order valence-corrected chi connectivity index (χ0v) is 28.4. The van der Waals surface area contributed by atoms with Gasteiger partial charge < -0.3 is 9.47 Å². The minimum Gasteiger partial charge on any atom is -0.464 e. The summed E-state index contributed by atoms with van der Waals surface area (Å²) in [5.41, 5.74) is 0. The standard InChI is InChI=1S/C35H67BrO4/c1-3-5-7-9-11-13-15-17-19-21-23-25-27-29-31-39-34(37)33(36)35(38)40-32-30-28-26-24-22-20-18-16-14-12-10-8-6-4-2/h33H,3-32H2,1-2H3. The number of rotatable bonds is 32. The molecule has 0 bridgehead atoms. The van der Waals surface area contributed by atoms with Crippen LogP contribution in [0.25, 0.3) is 0 Å². The Hall–Kier alpha value is -0.580. The Morgan fingerprint density at radius 2 is 0.600 bits per heavy atom. The molecule has 0 aliphatic rings. The van der Waals surface area contributed by atoms with Crippen molar-refractivity contribution in [1.82, 2.24) is 0 Å². The molecule has 0 radical (unpaired) electrons. The van der Waals surface area contributed by atoms with Gasteiger partial charge in [0.1, 0.15) is 0 Å². The normalized spacial score (nSPS) is 11.3. The Morgan fingerprint density at radius 1 is 0.400 bits per heavy atom. The van der Waals surface area contributed by atoms with Crippen molar-refractivity contribution in [2.45, 2.75) is 198 Å². The van der Waals surface area contributed by atoms with Crippen LogP contribution in [0, 0.1) is 0 Å². The topological polar surface area (TPSA) is 52.6 Å². The average Bonchev–Trinajstić information content (AvgIpc) is 2.96. The first-order valence-electron chi connectivity index (χ1n) is 17.6. The van der Waals surface area contributed by atoms with Crippen molar-refractivity contribution in [3.8, 4) is 0 Å². The van der Waals surface area contributed by atoms with Gasteiger partial charge in [0.15, 0.2) is 0 Å². The summed E-state index contributed by atoms with van der Waals surface area (Å²) in [6.07, 6.45) is 36.3.